The lowest BCUT2D eigenvalue weighted by Crippen LogP contribution is -2.43. The molecule has 0 radical (unpaired) electrons. The molecule has 1 aliphatic heterocycles. The second kappa shape index (κ2) is 7.60. The second-order valence-electron chi connectivity index (χ2n) is 7.32. The quantitative estimate of drug-likeness (QED) is 0.538. The highest BCUT2D eigenvalue weighted by Crippen LogP contribution is 2.28. The molecule has 1 atom stereocenters. The summed E-state index contributed by atoms with van der Waals surface area (Å²) < 4.78 is 7.26. The average Bonchev–Trinajstić information content (AvgIpc) is 3.41. The maximum absolute atomic E-state index is 12.8. The van der Waals surface area contributed by atoms with Crippen molar-refractivity contribution in [2.45, 2.75) is 18.9 Å². The van der Waals surface area contributed by atoms with Crippen LogP contribution in [0.2, 0.25) is 0 Å². The van der Waals surface area contributed by atoms with Gasteiger partial charge in [0.15, 0.2) is 0 Å². The van der Waals surface area contributed by atoms with Crippen LogP contribution in [0.4, 0.5) is 11.4 Å². The number of para-hydroxylation sites is 1. The first-order chi connectivity index (χ1) is 14.7. The molecule has 3 N–H and O–H groups in total. The molecule has 152 valence electrons. The molecule has 9 nitrogen and oxygen atoms in total. The number of amides is 1. The third-order valence-electron chi connectivity index (χ3n) is 5.22. The molecule has 1 aromatic carbocycles. The predicted octanol–water partition coefficient (Wildman–Crippen LogP) is 2.59. The van der Waals surface area contributed by atoms with Crippen LogP contribution >= 0.6 is 0 Å². The fourth-order valence-electron chi connectivity index (χ4n) is 3.76. The Morgan fingerprint density at radius 1 is 1.20 bits per heavy atom. The number of oxazole rings is 1. The van der Waals surface area contributed by atoms with Crippen molar-refractivity contribution in [2.24, 2.45) is 5.73 Å². The summed E-state index contributed by atoms with van der Waals surface area (Å²) in [6.45, 7) is 1.63. The van der Waals surface area contributed by atoms with E-state index in [-0.39, 0.29) is 17.8 Å². The summed E-state index contributed by atoms with van der Waals surface area (Å²) in [4.78, 5) is 23.4. The first kappa shape index (κ1) is 18.3. The second-order valence-corrected chi connectivity index (χ2v) is 7.32. The van der Waals surface area contributed by atoms with Crippen molar-refractivity contribution in [1.29, 1.82) is 0 Å². The molecule has 1 aliphatic rings. The predicted molar refractivity (Wildman–Crippen MR) is 113 cm³/mol. The molecule has 1 amide bonds. The van der Waals surface area contributed by atoms with Gasteiger partial charge in [0.05, 0.1) is 35.5 Å². The van der Waals surface area contributed by atoms with Gasteiger partial charge in [0.2, 0.25) is 5.76 Å². The number of anilines is 2. The van der Waals surface area contributed by atoms with E-state index in [0.717, 1.165) is 42.5 Å². The van der Waals surface area contributed by atoms with Gasteiger partial charge in [-0.2, -0.15) is 14.8 Å². The van der Waals surface area contributed by atoms with Gasteiger partial charge < -0.3 is 20.4 Å². The Labute approximate surface area is 172 Å². The van der Waals surface area contributed by atoms with E-state index >= 15 is 0 Å². The van der Waals surface area contributed by atoms with Gasteiger partial charge in [-0.3, -0.25) is 9.78 Å². The van der Waals surface area contributed by atoms with Crippen molar-refractivity contribution < 1.29 is 9.21 Å². The summed E-state index contributed by atoms with van der Waals surface area (Å²) in [5, 5.41) is 8.15. The molecule has 0 aliphatic carbocycles. The maximum Gasteiger partial charge on any atom is 0.324 e. The Balaban J connectivity index is 1.38. The molecule has 4 aromatic rings. The Hall–Kier alpha value is -3.72. The molecule has 3 aromatic heterocycles. The van der Waals surface area contributed by atoms with Crippen LogP contribution in [0.15, 0.2) is 59.5 Å². The van der Waals surface area contributed by atoms with Crippen LogP contribution in [0.5, 0.6) is 0 Å². The third kappa shape index (κ3) is 3.39. The first-order valence-electron chi connectivity index (χ1n) is 9.84. The minimum Gasteiger partial charge on any atom is -0.417 e. The number of aromatic nitrogens is 4. The van der Waals surface area contributed by atoms with Gasteiger partial charge >= 0.3 is 6.01 Å². The van der Waals surface area contributed by atoms with E-state index in [1.165, 1.54) is 6.20 Å². The Morgan fingerprint density at radius 3 is 3.00 bits per heavy atom. The van der Waals surface area contributed by atoms with E-state index < -0.39 is 5.91 Å². The lowest BCUT2D eigenvalue weighted by molar-refractivity contribution is 0.0996. The normalized spacial score (nSPS) is 16.7. The molecule has 1 fully saturated rings. The van der Waals surface area contributed by atoms with Gasteiger partial charge in [-0.15, -0.1) is 0 Å². The molecule has 0 saturated carbocycles. The van der Waals surface area contributed by atoms with Gasteiger partial charge in [0, 0.05) is 30.7 Å². The van der Waals surface area contributed by atoms with Crippen molar-refractivity contribution >= 4 is 28.2 Å². The minimum absolute atomic E-state index is 0.0923. The summed E-state index contributed by atoms with van der Waals surface area (Å²) in [7, 11) is 0. The van der Waals surface area contributed by atoms with Crippen LogP contribution in [-0.4, -0.2) is 44.8 Å². The van der Waals surface area contributed by atoms with Crippen molar-refractivity contribution in [1.82, 2.24) is 19.7 Å². The van der Waals surface area contributed by atoms with Gasteiger partial charge in [-0.25, -0.2) is 0 Å². The van der Waals surface area contributed by atoms with Gasteiger partial charge in [0.1, 0.15) is 0 Å². The third-order valence-corrected chi connectivity index (χ3v) is 5.22. The number of benzene rings is 1. The summed E-state index contributed by atoms with van der Waals surface area (Å²) in [5.74, 6) is -0.310. The number of fused-ring (bicyclic) bond motifs is 1. The Kier molecular flexibility index (Phi) is 4.64. The standard InChI is InChI=1S/C21H21N7O2/c22-15-5-3-9-27(13-15)18-7-8-23-11-16(18)26-20(29)19-12-24-21(30-19)28-17-6-2-1-4-14(17)10-25-28/h1-2,4,6-8,10-12,15H,3,5,9,13,22H2,(H,26,29)/t15-/m1/s1. The molecule has 5 rings (SSSR count). The van der Waals surface area contributed by atoms with Crippen LogP contribution < -0.4 is 16.0 Å². The van der Waals surface area contributed by atoms with Crippen molar-refractivity contribution in [3.63, 3.8) is 0 Å². The lowest BCUT2D eigenvalue weighted by atomic mass is 10.1. The number of pyridine rings is 1. The monoisotopic (exact) mass is 403 g/mol. The van der Waals surface area contributed by atoms with Crippen LogP contribution in [0.25, 0.3) is 16.9 Å². The van der Waals surface area contributed by atoms with E-state index in [0.29, 0.717) is 5.69 Å². The molecule has 9 heteroatoms. The van der Waals surface area contributed by atoms with Crippen LogP contribution in [0.1, 0.15) is 23.4 Å². The molecule has 1 saturated heterocycles. The molecule has 4 heterocycles. The highest BCUT2D eigenvalue weighted by Gasteiger charge is 2.22. The molecular weight excluding hydrogens is 382 g/mol. The molecule has 0 bridgehead atoms. The van der Waals surface area contributed by atoms with Crippen molar-refractivity contribution in [3.8, 4) is 6.01 Å². The number of hydrogen-bond donors (Lipinski definition) is 2. The number of rotatable bonds is 4. The number of carbonyl (C=O) groups excluding carboxylic acids is 1. The van der Waals surface area contributed by atoms with Crippen molar-refractivity contribution in [2.75, 3.05) is 23.3 Å². The summed E-state index contributed by atoms with van der Waals surface area (Å²) in [6.07, 6.45) is 8.48. The number of nitrogens with one attached hydrogen (secondary N) is 1. The summed E-state index contributed by atoms with van der Waals surface area (Å²) in [6, 6.07) is 9.95. The number of nitrogens with zero attached hydrogens (tertiary/aromatic N) is 5. The Morgan fingerprint density at radius 2 is 2.10 bits per heavy atom. The van der Waals surface area contributed by atoms with Gasteiger partial charge in [0.25, 0.3) is 5.91 Å². The van der Waals surface area contributed by atoms with E-state index in [9.17, 15) is 4.79 Å². The summed E-state index contributed by atoms with van der Waals surface area (Å²) in [5.41, 5.74) is 8.47. The molecule has 0 spiro atoms. The number of piperidine rings is 1. The molecule has 0 unspecified atom stereocenters. The zero-order chi connectivity index (χ0) is 20.5. The number of carbonyl (C=O) groups is 1. The summed E-state index contributed by atoms with van der Waals surface area (Å²) >= 11 is 0. The number of nitrogens with two attached hydrogens (primary N) is 1. The van der Waals surface area contributed by atoms with Crippen LogP contribution in [0, 0.1) is 0 Å². The zero-order valence-electron chi connectivity index (χ0n) is 16.2. The maximum atomic E-state index is 12.8. The number of hydrogen-bond acceptors (Lipinski definition) is 7. The highest BCUT2D eigenvalue weighted by molar-refractivity contribution is 6.04. The lowest BCUT2D eigenvalue weighted by Gasteiger charge is -2.33. The van der Waals surface area contributed by atoms with Gasteiger partial charge in [-0.1, -0.05) is 18.2 Å². The van der Waals surface area contributed by atoms with Gasteiger partial charge in [-0.05, 0) is 25.0 Å². The largest absolute Gasteiger partial charge is 0.417 e. The fraction of sp³-hybridized carbons (Fsp3) is 0.238. The zero-order valence-corrected chi connectivity index (χ0v) is 16.2. The van der Waals surface area contributed by atoms with Crippen LogP contribution in [0.3, 0.4) is 0 Å². The fourth-order valence-corrected chi connectivity index (χ4v) is 3.76. The van der Waals surface area contributed by atoms with Crippen LogP contribution in [-0.2, 0) is 0 Å². The van der Waals surface area contributed by atoms with E-state index in [2.05, 4.69) is 25.3 Å². The van der Waals surface area contributed by atoms with E-state index in [4.69, 9.17) is 10.2 Å². The SMILES string of the molecule is N[C@@H]1CCCN(c2ccncc2NC(=O)c2cnc(-n3ncc4ccccc43)o2)C1. The molecular formula is C21H21N7O2. The minimum atomic E-state index is -0.402. The topological polar surface area (TPSA) is 115 Å². The first-order valence-corrected chi connectivity index (χ1v) is 9.84. The van der Waals surface area contributed by atoms with E-state index in [1.54, 1.807) is 23.3 Å². The van der Waals surface area contributed by atoms with Crippen molar-refractivity contribution in [3.05, 3.63) is 60.9 Å². The van der Waals surface area contributed by atoms with E-state index in [1.807, 2.05) is 30.3 Å². The Bertz CT molecular complexity index is 1200. The average molecular weight is 403 g/mol. The highest BCUT2D eigenvalue weighted by atomic mass is 16.4. The smallest absolute Gasteiger partial charge is 0.324 e. The molecule has 30 heavy (non-hydrogen) atoms.